The highest BCUT2D eigenvalue weighted by Gasteiger charge is 2.47. The standard InChI is InChI=1S/C25H28N2O7/c1-25(2,3)34-24(31)27-14-20(22(29)33-17-19-12-8-5-9-13-19)26(23(27)30)15-21(28)32-16-18-10-6-4-7-11-18/h4-13,20H,14-17H2,1-3H3/t20-/m0/s1. The molecule has 1 aliphatic rings. The molecule has 0 unspecified atom stereocenters. The predicted octanol–water partition coefficient (Wildman–Crippen LogP) is 3.51. The second kappa shape index (κ2) is 10.8. The first-order valence-electron chi connectivity index (χ1n) is 10.9. The summed E-state index contributed by atoms with van der Waals surface area (Å²) in [4.78, 5) is 52.6. The number of imide groups is 1. The lowest BCUT2D eigenvalue weighted by atomic mass is 10.2. The topological polar surface area (TPSA) is 102 Å². The summed E-state index contributed by atoms with van der Waals surface area (Å²) in [6.45, 7) is 4.18. The van der Waals surface area contributed by atoms with Crippen molar-refractivity contribution in [1.82, 2.24) is 9.80 Å². The number of nitrogens with zero attached hydrogens (tertiary/aromatic N) is 2. The molecule has 1 heterocycles. The normalized spacial score (nSPS) is 15.7. The average molecular weight is 469 g/mol. The second-order valence-corrected chi connectivity index (χ2v) is 8.76. The summed E-state index contributed by atoms with van der Waals surface area (Å²) in [5, 5.41) is 0. The van der Waals surface area contributed by atoms with Gasteiger partial charge in [0.1, 0.15) is 31.4 Å². The van der Waals surface area contributed by atoms with E-state index in [2.05, 4.69) is 0 Å². The fraction of sp³-hybridized carbons (Fsp3) is 0.360. The molecule has 180 valence electrons. The van der Waals surface area contributed by atoms with Gasteiger partial charge in [-0.15, -0.1) is 0 Å². The molecule has 0 aliphatic carbocycles. The van der Waals surface area contributed by atoms with Crippen LogP contribution >= 0.6 is 0 Å². The third kappa shape index (κ3) is 6.81. The van der Waals surface area contributed by atoms with Crippen LogP contribution in [0.3, 0.4) is 0 Å². The van der Waals surface area contributed by atoms with Crippen LogP contribution in [0, 0.1) is 0 Å². The van der Waals surface area contributed by atoms with Crippen molar-refractivity contribution in [1.29, 1.82) is 0 Å². The molecule has 0 spiro atoms. The Balaban J connectivity index is 1.70. The van der Waals surface area contributed by atoms with Gasteiger partial charge in [0.15, 0.2) is 0 Å². The van der Waals surface area contributed by atoms with E-state index in [9.17, 15) is 19.2 Å². The molecule has 3 amide bonds. The van der Waals surface area contributed by atoms with Crippen LogP contribution < -0.4 is 0 Å². The van der Waals surface area contributed by atoms with E-state index in [0.29, 0.717) is 0 Å². The zero-order valence-electron chi connectivity index (χ0n) is 19.4. The summed E-state index contributed by atoms with van der Waals surface area (Å²) < 4.78 is 15.9. The molecule has 0 aromatic heterocycles. The van der Waals surface area contributed by atoms with Gasteiger partial charge in [-0.2, -0.15) is 0 Å². The SMILES string of the molecule is CC(C)(C)OC(=O)N1C[C@@H](C(=O)OCc2ccccc2)N(CC(=O)OCc2ccccc2)C1=O. The number of carbonyl (C=O) groups excluding carboxylic acids is 4. The smallest absolute Gasteiger partial charge is 0.418 e. The summed E-state index contributed by atoms with van der Waals surface area (Å²) in [6, 6.07) is 16.1. The largest absolute Gasteiger partial charge is 0.459 e. The number of benzene rings is 2. The summed E-state index contributed by atoms with van der Waals surface area (Å²) in [7, 11) is 0. The molecule has 2 aromatic rings. The molecule has 0 radical (unpaired) electrons. The third-order valence-corrected chi connectivity index (χ3v) is 4.86. The molecule has 1 atom stereocenters. The average Bonchev–Trinajstić information content (AvgIpc) is 3.12. The molecule has 1 fully saturated rings. The van der Waals surface area contributed by atoms with E-state index in [1.54, 1.807) is 45.0 Å². The minimum Gasteiger partial charge on any atom is -0.459 e. The summed E-state index contributed by atoms with van der Waals surface area (Å²) >= 11 is 0. The number of carbonyl (C=O) groups is 4. The van der Waals surface area contributed by atoms with Crippen LogP contribution in [-0.4, -0.2) is 58.6 Å². The Morgan fingerprint density at radius 2 is 1.41 bits per heavy atom. The first-order chi connectivity index (χ1) is 16.1. The highest BCUT2D eigenvalue weighted by Crippen LogP contribution is 2.21. The highest BCUT2D eigenvalue weighted by atomic mass is 16.6. The summed E-state index contributed by atoms with van der Waals surface area (Å²) in [6.07, 6.45) is -0.904. The summed E-state index contributed by atoms with van der Waals surface area (Å²) in [5.41, 5.74) is 0.693. The Kier molecular flexibility index (Phi) is 7.88. The van der Waals surface area contributed by atoms with Crippen LogP contribution in [0.15, 0.2) is 60.7 Å². The summed E-state index contributed by atoms with van der Waals surface area (Å²) in [5.74, 6) is -1.46. The molecule has 0 N–H and O–H groups in total. The molecular formula is C25H28N2O7. The lowest BCUT2D eigenvalue weighted by Gasteiger charge is -2.23. The Bertz CT molecular complexity index is 1020. The Morgan fingerprint density at radius 1 is 0.882 bits per heavy atom. The Labute approximate surface area is 198 Å². The zero-order chi connectivity index (χ0) is 24.7. The van der Waals surface area contributed by atoms with Crippen LogP contribution in [0.2, 0.25) is 0 Å². The van der Waals surface area contributed by atoms with Crippen molar-refractivity contribution in [2.24, 2.45) is 0 Å². The fourth-order valence-electron chi connectivity index (χ4n) is 3.23. The van der Waals surface area contributed by atoms with E-state index < -0.39 is 42.3 Å². The number of ether oxygens (including phenoxy) is 3. The van der Waals surface area contributed by atoms with Crippen molar-refractivity contribution < 1.29 is 33.4 Å². The minimum absolute atomic E-state index is 0.0108. The van der Waals surface area contributed by atoms with Gasteiger partial charge >= 0.3 is 24.1 Å². The van der Waals surface area contributed by atoms with Crippen molar-refractivity contribution in [2.75, 3.05) is 13.1 Å². The van der Waals surface area contributed by atoms with Crippen molar-refractivity contribution in [3.63, 3.8) is 0 Å². The van der Waals surface area contributed by atoms with E-state index in [1.807, 2.05) is 36.4 Å². The quantitative estimate of drug-likeness (QED) is 0.453. The van der Waals surface area contributed by atoms with Crippen LogP contribution in [0.5, 0.6) is 0 Å². The van der Waals surface area contributed by atoms with Crippen LogP contribution in [0.4, 0.5) is 9.59 Å². The molecule has 0 saturated carbocycles. The Morgan fingerprint density at radius 3 is 1.94 bits per heavy atom. The Hall–Kier alpha value is -3.88. The number of urea groups is 1. The molecule has 9 heteroatoms. The lowest BCUT2D eigenvalue weighted by molar-refractivity contribution is -0.151. The zero-order valence-corrected chi connectivity index (χ0v) is 19.4. The van der Waals surface area contributed by atoms with Crippen LogP contribution in [0.25, 0.3) is 0 Å². The van der Waals surface area contributed by atoms with Gasteiger partial charge in [0.25, 0.3) is 0 Å². The van der Waals surface area contributed by atoms with Gasteiger partial charge in [-0.25, -0.2) is 19.3 Å². The molecular weight excluding hydrogens is 440 g/mol. The van der Waals surface area contributed by atoms with Crippen molar-refractivity contribution in [3.05, 3.63) is 71.8 Å². The maximum Gasteiger partial charge on any atom is 0.418 e. The minimum atomic E-state index is -1.17. The van der Waals surface area contributed by atoms with E-state index in [1.165, 1.54) is 0 Å². The molecule has 34 heavy (non-hydrogen) atoms. The highest BCUT2D eigenvalue weighted by molar-refractivity contribution is 5.98. The number of hydrogen-bond donors (Lipinski definition) is 0. The number of amides is 3. The van der Waals surface area contributed by atoms with Gasteiger partial charge in [0.2, 0.25) is 0 Å². The third-order valence-electron chi connectivity index (χ3n) is 4.86. The van der Waals surface area contributed by atoms with Gasteiger partial charge in [-0.05, 0) is 31.9 Å². The monoisotopic (exact) mass is 468 g/mol. The second-order valence-electron chi connectivity index (χ2n) is 8.76. The van der Waals surface area contributed by atoms with Gasteiger partial charge in [-0.1, -0.05) is 60.7 Å². The van der Waals surface area contributed by atoms with E-state index in [4.69, 9.17) is 14.2 Å². The van der Waals surface area contributed by atoms with Crippen LogP contribution in [0.1, 0.15) is 31.9 Å². The first kappa shape index (κ1) is 24.8. The van der Waals surface area contributed by atoms with Crippen molar-refractivity contribution in [3.8, 4) is 0 Å². The lowest BCUT2D eigenvalue weighted by Crippen LogP contribution is -2.44. The molecule has 9 nitrogen and oxygen atoms in total. The maximum absolute atomic E-state index is 13.0. The number of hydrogen-bond acceptors (Lipinski definition) is 7. The van der Waals surface area contributed by atoms with Gasteiger partial charge in [0.05, 0.1) is 6.54 Å². The van der Waals surface area contributed by atoms with Gasteiger partial charge < -0.3 is 14.2 Å². The van der Waals surface area contributed by atoms with Crippen LogP contribution in [-0.2, 0) is 37.0 Å². The molecule has 1 saturated heterocycles. The number of rotatable bonds is 7. The van der Waals surface area contributed by atoms with Crippen molar-refractivity contribution >= 4 is 24.1 Å². The first-order valence-corrected chi connectivity index (χ1v) is 10.9. The molecule has 1 aliphatic heterocycles. The molecule has 3 rings (SSSR count). The van der Waals surface area contributed by atoms with E-state index >= 15 is 0 Å². The van der Waals surface area contributed by atoms with E-state index in [0.717, 1.165) is 20.9 Å². The molecule has 0 bridgehead atoms. The van der Waals surface area contributed by atoms with Gasteiger partial charge in [-0.3, -0.25) is 9.69 Å². The van der Waals surface area contributed by atoms with Gasteiger partial charge in [0, 0.05) is 0 Å². The predicted molar refractivity (Wildman–Crippen MR) is 121 cm³/mol. The number of esters is 2. The molecule has 2 aromatic carbocycles. The maximum atomic E-state index is 13.0. The van der Waals surface area contributed by atoms with E-state index in [-0.39, 0.29) is 19.8 Å². The fourth-order valence-corrected chi connectivity index (χ4v) is 3.23. The van der Waals surface area contributed by atoms with Crippen molar-refractivity contribution in [2.45, 2.75) is 45.6 Å².